The van der Waals surface area contributed by atoms with Crippen LogP contribution < -0.4 is 11.5 Å². The van der Waals surface area contributed by atoms with Gasteiger partial charge in [0.25, 0.3) is 5.91 Å². The molecule has 4 heteroatoms. The number of hydrogen-bond acceptors (Lipinski definition) is 3. The van der Waals surface area contributed by atoms with Crippen LogP contribution in [0.2, 0.25) is 0 Å². The van der Waals surface area contributed by atoms with Crippen LogP contribution in [0.3, 0.4) is 0 Å². The summed E-state index contributed by atoms with van der Waals surface area (Å²) in [6.45, 7) is 0. The summed E-state index contributed by atoms with van der Waals surface area (Å²) in [5.41, 5.74) is 9.17. The molecule has 0 saturated carbocycles. The second-order valence-electron chi connectivity index (χ2n) is 0.916. The zero-order chi connectivity index (χ0) is 5.86. The maximum Gasteiger partial charge on any atom is 0.285 e. The van der Waals surface area contributed by atoms with Crippen LogP contribution in [-0.4, -0.2) is 11.0 Å². The molecule has 0 spiro atoms. The van der Waals surface area contributed by atoms with Crippen LogP contribution in [0.5, 0.6) is 0 Å². The molecule has 0 bridgehead atoms. The van der Waals surface area contributed by atoms with Gasteiger partial charge in [-0.15, -0.1) is 0 Å². The van der Waals surface area contributed by atoms with E-state index in [9.17, 15) is 4.79 Å². The van der Waals surface area contributed by atoms with Crippen molar-refractivity contribution in [3.05, 3.63) is 12.0 Å². The number of aliphatic hydroxyl groups excluding tert-OH is 1. The summed E-state index contributed by atoms with van der Waals surface area (Å²) in [4.78, 5) is 9.75. The van der Waals surface area contributed by atoms with Crippen molar-refractivity contribution in [1.29, 1.82) is 0 Å². The molecule has 0 unspecified atom stereocenters. The monoisotopic (exact) mass is 102 g/mol. The predicted molar refractivity (Wildman–Crippen MR) is 24.1 cm³/mol. The average Bonchev–Trinajstić information content (AvgIpc) is 1.65. The zero-order valence-electron chi connectivity index (χ0n) is 3.59. The Hall–Kier alpha value is -1.19. The van der Waals surface area contributed by atoms with Gasteiger partial charge in [0.15, 0.2) is 5.76 Å². The molecule has 0 saturated heterocycles. The molecule has 40 valence electrons. The highest BCUT2D eigenvalue weighted by Gasteiger charge is 1.95. The topological polar surface area (TPSA) is 89.3 Å². The average molecular weight is 102 g/mol. The molecular formula is C3H6N2O2. The van der Waals surface area contributed by atoms with Crippen molar-refractivity contribution in [2.75, 3.05) is 0 Å². The summed E-state index contributed by atoms with van der Waals surface area (Å²) in [6, 6.07) is 0. The van der Waals surface area contributed by atoms with E-state index in [1.165, 1.54) is 0 Å². The fourth-order valence-electron chi connectivity index (χ4n) is 0.0821. The van der Waals surface area contributed by atoms with Gasteiger partial charge in [-0.25, -0.2) is 0 Å². The summed E-state index contributed by atoms with van der Waals surface area (Å²) < 4.78 is 0. The van der Waals surface area contributed by atoms with Crippen molar-refractivity contribution in [3.8, 4) is 0 Å². The van der Waals surface area contributed by atoms with Gasteiger partial charge in [0.05, 0.1) is 0 Å². The molecule has 0 atom stereocenters. The molecule has 0 aromatic rings. The Balaban J connectivity index is 3.82. The maximum absolute atomic E-state index is 9.75. The molecule has 0 aromatic heterocycles. The number of primary amides is 1. The number of hydrogen-bond donors (Lipinski definition) is 3. The highest BCUT2D eigenvalue weighted by Crippen LogP contribution is 1.76. The van der Waals surface area contributed by atoms with E-state index < -0.39 is 11.7 Å². The van der Waals surface area contributed by atoms with Crippen LogP contribution in [0.1, 0.15) is 0 Å². The van der Waals surface area contributed by atoms with E-state index in [0.29, 0.717) is 0 Å². The van der Waals surface area contributed by atoms with E-state index in [1.807, 2.05) is 0 Å². The van der Waals surface area contributed by atoms with E-state index in [4.69, 9.17) is 5.11 Å². The van der Waals surface area contributed by atoms with Crippen molar-refractivity contribution in [2.24, 2.45) is 11.5 Å². The van der Waals surface area contributed by atoms with Crippen LogP contribution in [0.15, 0.2) is 12.0 Å². The third-order valence-corrected chi connectivity index (χ3v) is 0.410. The highest BCUT2D eigenvalue weighted by molar-refractivity contribution is 5.89. The molecule has 0 aliphatic heterocycles. The first kappa shape index (κ1) is 5.81. The lowest BCUT2D eigenvalue weighted by molar-refractivity contribution is -0.116. The predicted octanol–water partition coefficient (Wildman–Crippen LogP) is -1.17. The maximum atomic E-state index is 9.75. The normalized spacial score (nSPS) is 11.1. The van der Waals surface area contributed by atoms with Crippen molar-refractivity contribution in [1.82, 2.24) is 0 Å². The van der Waals surface area contributed by atoms with Crippen molar-refractivity contribution < 1.29 is 9.90 Å². The van der Waals surface area contributed by atoms with Gasteiger partial charge in [-0.05, 0) is 0 Å². The smallest absolute Gasteiger partial charge is 0.285 e. The van der Waals surface area contributed by atoms with Crippen molar-refractivity contribution >= 4 is 5.91 Å². The second-order valence-corrected chi connectivity index (χ2v) is 0.916. The number of aliphatic hydroxyl groups is 1. The lowest BCUT2D eigenvalue weighted by Crippen LogP contribution is -2.14. The molecule has 0 heterocycles. The van der Waals surface area contributed by atoms with Crippen molar-refractivity contribution in [3.63, 3.8) is 0 Å². The lowest BCUT2D eigenvalue weighted by Gasteiger charge is -1.84. The van der Waals surface area contributed by atoms with Crippen LogP contribution >= 0.6 is 0 Å². The molecule has 0 aromatic carbocycles. The summed E-state index contributed by atoms with van der Waals surface area (Å²) in [7, 11) is 0. The zero-order valence-corrected chi connectivity index (χ0v) is 3.59. The number of nitrogens with two attached hydrogens (primary N) is 2. The molecule has 0 fully saturated rings. The number of amides is 1. The van der Waals surface area contributed by atoms with E-state index in [0.717, 1.165) is 6.20 Å². The van der Waals surface area contributed by atoms with Gasteiger partial charge in [0, 0.05) is 6.20 Å². The lowest BCUT2D eigenvalue weighted by atomic mass is 10.5. The van der Waals surface area contributed by atoms with Gasteiger partial charge < -0.3 is 16.6 Å². The first-order chi connectivity index (χ1) is 3.18. The standard InChI is InChI=1S/C3H6N2O2/c4-1-2(6)3(5)7/h1,6H,4H2,(H2,5,7). The Morgan fingerprint density at radius 2 is 2.14 bits per heavy atom. The van der Waals surface area contributed by atoms with Gasteiger partial charge in [0.1, 0.15) is 0 Å². The highest BCUT2D eigenvalue weighted by atomic mass is 16.3. The Kier molecular flexibility index (Phi) is 1.72. The van der Waals surface area contributed by atoms with Crippen molar-refractivity contribution in [2.45, 2.75) is 0 Å². The summed E-state index contributed by atoms with van der Waals surface area (Å²) in [5.74, 6) is -1.53. The fourth-order valence-corrected chi connectivity index (χ4v) is 0.0821. The summed E-state index contributed by atoms with van der Waals surface area (Å²) >= 11 is 0. The molecule has 0 radical (unpaired) electrons. The molecule has 7 heavy (non-hydrogen) atoms. The minimum atomic E-state index is -0.914. The van der Waals surface area contributed by atoms with Crippen LogP contribution in [0.25, 0.3) is 0 Å². The largest absolute Gasteiger partial charge is 0.502 e. The third-order valence-electron chi connectivity index (χ3n) is 0.410. The molecule has 4 nitrogen and oxygen atoms in total. The Labute approximate surface area is 40.4 Å². The van der Waals surface area contributed by atoms with Gasteiger partial charge in [0.2, 0.25) is 0 Å². The summed E-state index contributed by atoms with van der Waals surface area (Å²) in [6.07, 6.45) is 0.738. The Bertz CT molecular complexity index is 108. The molecule has 0 aliphatic rings. The van der Waals surface area contributed by atoms with Crippen LogP contribution in [0, 0.1) is 0 Å². The van der Waals surface area contributed by atoms with Crippen LogP contribution in [0.4, 0.5) is 0 Å². The third kappa shape index (κ3) is 1.64. The number of carbonyl (C=O) groups is 1. The Morgan fingerprint density at radius 3 is 2.14 bits per heavy atom. The Morgan fingerprint density at radius 1 is 1.71 bits per heavy atom. The minimum absolute atomic E-state index is 0.611. The fraction of sp³-hybridized carbons (Fsp3) is 0. The SMILES string of the molecule is NC=C(O)C(N)=O. The first-order valence-corrected chi connectivity index (χ1v) is 1.59. The van der Waals surface area contributed by atoms with Gasteiger partial charge in [-0.3, -0.25) is 4.79 Å². The van der Waals surface area contributed by atoms with E-state index >= 15 is 0 Å². The van der Waals surface area contributed by atoms with Gasteiger partial charge in [-0.2, -0.15) is 0 Å². The van der Waals surface area contributed by atoms with E-state index in [1.54, 1.807) is 0 Å². The van der Waals surface area contributed by atoms with E-state index in [2.05, 4.69) is 11.5 Å². The molecule has 0 aliphatic carbocycles. The number of rotatable bonds is 1. The molecule has 0 rings (SSSR count). The summed E-state index contributed by atoms with van der Waals surface area (Å²) in [5, 5.41) is 8.20. The molecule has 5 N–H and O–H groups in total. The molecule has 1 amide bonds. The first-order valence-electron chi connectivity index (χ1n) is 1.59. The molecular weight excluding hydrogens is 96.0 g/mol. The minimum Gasteiger partial charge on any atom is -0.502 e. The van der Waals surface area contributed by atoms with Gasteiger partial charge >= 0.3 is 0 Å². The second kappa shape index (κ2) is 2.07. The van der Waals surface area contributed by atoms with E-state index in [-0.39, 0.29) is 0 Å². The van der Waals surface area contributed by atoms with Gasteiger partial charge in [-0.1, -0.05) is 0 Å². The number of carbonyl (C=O) groups excluding carboxylic acids is 1. The quantitative estimate of drug-likeness (QED) is 0.288. The van der Waals surface area contributed by atoms with Crippen LogP contribution in [-0.2, 0) is 4.79 Å².